The van der Waals surface area contributed by atoms with Gasteiger partial charge in [-0.2, -0.15) is 0 Å². The number of aromatic nitrogens is 2. The highest BCUT2D eigenvalue weighted by molar-refractivity contribution is 6.28. The lowest BCUT2D eigenvalue weighted by molar-refractivity contribution is 0.503. The van der Waals surface area contributed by atoms with Crippen LogP contribution in [0.2, 0.25) is 5.28 Å². The molecule has 1 aromatic carbocycles. The molecule has 0 aliphatic rings. The number of rotatable bonds is 3. The fraction of sp³-hybridized carbons (Fsp3) is 0.333. The third-order valence-corrected chi connectivity index (χ3v) is 3.11. The van der Waals surface area contributed by atoms with Crippen LogP contribution in [0.15, 0.2) is 23.0 Å². The van der Waals surface area contributed by atoms with Gasteiger partial charge in [-0.1, -0.05) is 0 Å². The summed E-state index contributed by atoms with van der Waals surface area (Å²) in [7, 11) is 1.79. The van der Waals surface area contributed by atoms with Crippen molar-refractivity contribution >= 4 is 22.5 Å². The molecule has 0 spiro atoms. The van der Waals surface area contributed by atoms with Gasteiger partial charge < -0.3 is 5.32 Å². The van der Waals surface area contributed by atoms with Crippen molar-refractivity contribution in [2.24, 2.45) is 0 Å². The summed E-state index contributed by atoms with van der Waals surface area (Å²) in [5.41, 5.74) is 0.0753. The van der Waals surface area contributed by atoms with Crippen molar-refractivity contribution in [2.45, 2.75) is 19.5 Å². The zero-order valence-electron chi connectivity index (χ0n) is 10.1. The predicted molar refractivity (Wildman–Crippen MR) is 69.5 cm³/mol. The molecule has 0 saturated carbocycles. The van der Waals surface area contributed by atoms with Crippen LogP contribution in [0, 0.1) is 5.82 Å². The summed E-state index contributed by atoms with van der Waals surface area (Å²) in [6.45, 7) is 2.30. The molecule has 4 nitrogen and oxygen atoms in total. The van der Waals surface area contributed by atoms with Crippen LogP contribution in [0.1, 0.15) is 6.92 Å². The van der Waals surface area contributed by atoms with Crippen molar-refractivity contribution < 1.29 is 4.39 Å². The Kier molecular flexibility index (Phi) is 3.63. The molecule has 0 saturated heterocycles. The monoisotopic (exact) mass is 269 g/mol. The van der Waals surface area contributed by atoms with Crippen LogP contribution in [-0.2, 0) is 6.54 Å². The summed E-state index contributed by atoms with van der Waals surface area (Å²) in [5, 5.41) is 3.36. The molecule has 0 fully saturated rings. The van der Waals surface area contributed by atoms with Gasteiger partial charge in [0.05, 0.1) is 10.9 Å². The number of nitrogens with one attached hydrogen (secondary N) is 1. The first-order valence-electron chi connectivity index (χ1n) is 5.56. The Bertz CT molecular complexity index is 641. The second-order valence-electron chi connectivity index (χ2n) is 4.15. The summed E-state index contributed by atoms with van der Waals surface area (Å²) < 4.78 is 14.5. The molecule has 1 heterocycles. The molecular weight excluding hydrogens is 257 g/mol. The first-order chi connectivity index (χ1) is 8.52. The molecule has 96 valence electrons. The molecule has 0 aliphatic heterocycles. The van der Waals surface area contributed by atoms with Crippen molar-refractivity contribution in [1.82, 2.24) is 14.9 Å². The summed E-state index contributed by atoms with van der Waals surface area (Å²) in [6.07, 6.45) is 0. The van der Waals surface area contributed by atoms with Crippen molar-refractivity contribution in [2.75, 3.05) is 7.05 Å². The van der Waals surface area contributed by atoms with Gasteiger partial charge in [-0.05, 0) is 43.8 Å². The quantitative estimate of drug-likeness (QED) is 0.865. The summed E-state index contributed by atoms with van der Waals surface area (Å²) in [5.74, 6) is -0.461. The average molecular weight is 270 g/mol. The molecule has 0 radical (unpaired) electrons. The molecule has 2 aromatic rings. The first kappa shape index (κ1) is 13.0. The van der Waals surface area contributed by atoms with Crippen LogP contribution in [0.25, 0.3) is 10.9 Å². The minimum absolute atomic E-state index is 0.0630. The van der Waals surface area contributed by atoms with E-state index < -0.39 is 5.82 Å². The van der Waals surface area contributed by atoms with Crippen LogP contribution in [0.5, 0.6) is 0 Å². The highest BCUT2D eigenvalue weighted by Gasteiger charge is 2.12. The van der Waals surface area contributed by atoms with Gasteiger partial charge in [-0.3, -0.25) is 9.36 Å². The fourth-order valence-electron chi connectivity index (χ4n) is 1.69. The van der Waals surface area contributed by atoms with E-state index in [-0.39, 0.29) is 22.3 Å². The van der Waals surface area contributed by atoms with E-state index >= 15 is 0 Å². The second-order valence-corrected chi connectivity index (χ2v) is 4.49. The maximum absolute atomic E-state index is 13.2. The summed E-state index contributed by atoms with van der Waals surface area (Å²) in [6, 6.07) is 3.95. The lowest BCUT2D eigenvalue weighted by Crippen LogP contribution is -2.33. The van der Waals surface area contributed by atoms with Gasteiger partial charge in [0.15, 0.2) is 0 Å². The lowest BCUT2D eigenvalue weighted by Gasteiger charge is -2.14. The van der Waals surface area contributed by atoms with Gasteiger partial charge in [0.25, 0.3) is 5.56 Å². The van der Waals surface area contributed by atoms with Crippen molar-refractivity contribution in [3.8, 4) is 0 Å². The molecule has 0 amide bonds. The Hall–Kier alpha value is -1.46. The molecule has 1 unspecified atom stereocenters. The highest BCUT2D eigenvalue weighted by atomic mass is 35.5. The first-order valence-corrected chi connectivity index (χ1v) is 5.93. The van der Waals surface area contributed by atoms with Gasteiger partial charge in [-0.25, -0.2) is 9.37 Å². The smallest absolute Gasteiger partial charge is 0.262 e. The van der Waals surface area contributed by atoms with Crippen LogP contribution >= 0.6 is 11.6 Å². The van der Waals surface area contributed by atoms with E-state index in [4.69, 9.17) is 11.6 Å². The van der Waals surface area contributed by atoms with E-state index in [9.17, 15) is 9.18 Å². The Morgan fingerprint density at radius 1 is 1.56 bits per heavy atom. The maximum Gasteiger partial charge on any atom is 0.262 e. The van der Waals surface area contributed by atoms with E-state index in [0.29, 0.717) is 12.1 Å². The third kappa shape index (κ3) is 2.37. The van der Waals surface area contributed by atoms with E-state index in [0.717, 1.165) is 0 Å². The van der Waals surface area contributed by atoms with Crippen molar-refractivity contribution in [3.63, 3.8) is 0 Å². The number of likely N-dealkylation sites (N-methyl/N-ethyl adjacent to an activating group) is 1. The number of fused-ring (bicyclic) bond motifs is 1. The number of hydrogen-bond acceptors (Lipinski definition) is 3. The Morgan fingerprint density at radius 2 is 2.28 bits per heavy atom. The van der Waals surface area contributed by atoms with E-state index in [1.54, 1.807) is 7.05 Å². The molecule has 1 N–H and O–H groups in total. The van der Waals surface area contributed by atoms with E-state index in [1.165, 1.54) is 22.8 Å². The zero-order chi connectivity index (χ0) is 13.3. The standard InChI is InChI=1S/C12H13ClFN3O/c1-7(15-2)6-17-11(18)9-5-8(14)3-4-10(9)16-12(17)13/h3-5,7,15H,6H2,1-2H3. The van der Waals surface area contributed by atoms with Gasteiger partial charge in [0.1, 0.15) is 5.82 Å². The normalized spacial score (nSPS) is 12.9. The molecular formula is C12H13ClFN3O. The summed E-state index contributed by atoms with van der Waals surface area (Å²) in [4.78, 5) is 16.3. The van der Waals surface area contributed by atoms with Crippen LogP contribution in [0.4, 0.5) is 4.39 Å². The maximum atomic E-state index is 13.2. The van der Waals surface area contributed by atoms with Crippen LogP contribution in [0.3, 0.4) is 0 Å². The van der Waals surface area contributed by atoms with Gasteiger partial charge in [-0.15, -0.1) is 0 Å². The second kappa shape index (κ2) is 5.04. The van der Waals surface area contributed by atoms with E-state index in [2.05, 4.69) is 10.3 Å². The fourth-order valence-corrected chi connectivity index (χ4v) is 1.93. The van der Waals surface area contributed by atoms with Crippen LogP contribution < -0.4 is 10.9 Å². The largest absolute Gasteiger partial charge is 0.315 e. The average Bonchev–Trinajstić information content (AvgIpc) is 2.35. The topological polar surface area (TPSA) is 46.9 Å². The van der Waals surface area contributed by atoms with Crippen molar-refractivity contribution in [1.29, 1.82) is 0 Å². The molecule has 0 bridgehead atoms. The Balaban J connectivity index is 2.63. The zero-order valence-corrected chi connectivity index (χ0v) is 10.8. The number of hydrogen-bond donors (Lipinski definition) is 1. The molecule has 1 aromatic heterocycles. The minimum atomic E-state index is -0.461. The number of benzene rings is 1. The number of halogens is 2. The summed E-state index contributed by atoms with van der Waals surface area (Å²) >= 11 is 5.98. The van der Waals surface area contributed by atoms with Gasteiger partial charge in [0.2, 0.25) is 5.28 Å². The van der Waals surface area contributed by atoms with Crippen molar-refractivity contribution in [3.05, 3.63) is 39.7 Å². The SMILES string of the molecule is CNC(C)Cn1c(Cl)nc2ccc(F)cc2c1=O. The predicted octanol–water partition coefficient (Wildman–Crippen LogP) is 1.80. The van der Waals surface area contributed by atoms with E-state index in [1.807, 2.05) is 6.92 Å². The number of nitrogens with zero attached hydrogens (tertiary/aromatic N) is 2. The highest BCUT2D eigenvalue weighted by Crippen LogP contribution is 2.13. The molecule has 1 atom stereocenters. The van der Waals surface area contributed by atoms with Crippen LogP contribution in [-0.4, -0.2) is 22.6 Å². The molecule has 18 heavy (non-hydrogen) atoms. The van der Waals surface area contributed by atoms with Gasteiger partial charge >= 0.3 is 0 Å². The molecule has 0 aliphatic carbocycles. The molecule has 2 rings (SSSR count). The Labute approximate surface area is 108 Å². The lowest BCUT2D eigenvalue weighted by atomic mass is 10.2. The minimum Gasteiger partial charge on any atom is -0.315 e. The van der Waals surface area contributed by atoms with Gasteiger partial charge in [0, 0.05) is 12.6 Å². The third-order valence-electron chi connectivity index (χ3n) is 2.82. The Morgan fingerprint density at radius 3 is 2.94 bits per heavy atom. The molecule has 6 heteroatoms.